The molecule has 11 rings (SSSR count). The minimum absolute atomic E-state index is 1.12. The Labute approximate surface area is 359 Å². The standard InChI is InChI=1S/C58H44N2Si/c1-61(2)56-27-15-25-53-50(44-30-34-48(35-31-44)59(45-20-8-4-9-21-45)47-32-28-42(29-33-47)41-16-6-3-7-17-41)38-39-54(58(53)56)52-37-36-49(40-57(52)61)60(46-22-10-5-11-23-46)55-26-14-19-43-18-12-13-24-51(43)55/h3-40H,1-2H3. The van der Waals surface area contributed by atoms with Gasteiger partial charge in [0.1, 0.15) is 8.07 Å². The van der Waals surface area contributed by atoms with Gasteiger partial charge in [-0.2, -0.15) is 0 Å². The van der Waals surface area contributed by atoms with Gasteiger partial charge in [-0.25, -0.2) is 0 Å². The van der Waals surface area contributed by atoms with Crippen LogP contribution in [0.2, 0.25) is 13.1 Å². The Morgan fingerprint density at radius 1 is 0.311 bits per heavy atom. The normalized spacial score (nSPS) is 12.6. The first-order chi connectivity index (χ1) is 30.0. The van der Waals surface area contributed by atoms with E-state index >= 15 is 0 Å². The molecule has 0 N–H and O–H groups in total. The number of para-hydroxylation sites is 2. The minimum Gasteiger partial charge on any atom is -0.311 e. The molecule has 290 valence electrons. The van der Waals surface area contributed by atoms with E-state index in [9.17, 15) is 0 Å². The van der Waals surface area contributed by atoms with E-state index in [0.29, 0.717) is 0 Å². The molecule has 0 bridgehead atoms. The van der Waals surface area contributed by atoms with Crippen molar-refractivity contribution in [3.05, 3.63) is 231 Å². The Hall–Kier alpha value is -7.46. The average Bonchev–Trinajstić information content (AvgIpc) is 3.32. The first kappa shape index (κ1) is 36.6. The van der Waals surface area contributed by atoms with Gasteiger partial charge in [0.2, 0.25) is 0 Å². The van der Waals surface area contributed by atoms with Gasteiger partial charge in [0.05, 0.1) is 5.69 Å². The predicted octanol–water partition coefficient (Wildman–Crippen LogP) is 15.1. The number of hydrogen-bond donors (Lipinski definition) is 0. The molecule has 0 saturated carbocycles. The third-order valence-corrected chi connectivity index (χ3v) is 16.2. The molecule has 0 saturated heterocycles. The van der Waals surface area contributed by atoms with Crippen LogP contribution in [0.5, 0.6) is 0 Å². The van der Waals surface area contributed by atoms with Crippen LogP contribution >= 0.6 is 0 Å². The largest absolute Gasteiger partial charge is 0.311 e. The lowest BCUT2D eigenvalue weighted by Gasteiger charge is -2.36. The van der Waals surface area contributed by atoms with Gasteiger partial charge in [-0.05, 0) is 127 Å². The number of fused-ring (bicyclic) bond motifs is 3. The van der Waals surface area contributed by atoms with Crippen molar-refractivity contribution in [3.8, 4) is 33.4 Å². The molecule has 1 aliphatic heterocycles. The zero-order valence-corrected chi connectivity index (χ0v) is 35.3. The van der Waals surface area contributed by atoms with E-state index in [4.69, 9.17) is 0 Å². The zero-order chi connectivity index (χ0) is 40.9. The monoisotopic (exact) mass is 796 g/mol. The lowest BCUT2D eigenvalue weighted by atomic mass is 9.91. The smallest absolute Gasteiger partial charge is 0.113 e. The molecule has 10 aromatic rings. The Morgan fingerprint density at radius 2 is 0.803 bits per heavy atom. The number of rotatable bonds is 8. The summed E-state index contributed by atoms with van der Waals surface area (Å²) >= 11 is 0. The van der Waals surface area contributed by atoms with Gasteiger partial charge in [0, 0.05) is 33.8 Å². The van der Waals surface area contributed by atoms with Crippen molar-refractivity contribution in [1.82, 2.24) is 0 Å². The zero-order valence-electron chi connectivity index (χ0n) is 34.3. The van der Waals surface area contributed by atoms with Gasteiger partial charge >= 0.3 is 0 Å². The first-order valence-corrected chi connectivity index (χ1v) is 24.2. The van der Waals surface area contributed by atoms with Gasteiger partial charge in [-0.1, -0.05) is 177 Å². The van der Waals surface area contributed by atoms with Crippen LogP contribution in [0.1, 0.15) is 0 Å². The van der Waals surface area contributed by atoms with E-state index in [-0.39, 0.29) is 0 Å². The van der Waals surface area contributed by atoms with Crippen molar-refractivity contribution >= 4 is 74.1 Å². The summed E-state index contributed by atoms with van der Waals surface area (Å²) in [4.78, 5) is 4.78. The molecule has 2 nitrogen and oxygen atoms in total. The van der Waals surface area contributed by atoms with Crippen molar-refractivity contribution in [1.29, 1.82) is 0 Å². The molecule has 3 heteroatoms. The number of nitrogens with zero attached hydrogens (tertiary/aromatic N) is 2. The second-order valence-corrected chi connectivity index (χ2v) is 20.9. The molecule has 0 unspecified atom stereocenters. The first-order valence-electron chi connectivity index (χ1n) is 21.2. The van der Waals surface area contributed by atoms with E-state index in [0.717, 1.165) is 22.7 Å². The molecule has 61 heavy (non-hydrogen) atoms. The van der Waals surface area contributed by atoms with E-state index in [1.165, 1.54) is 76.7 Å². The van der Waals surface area contributed by atoms with E-state index in [1.807, 2.05) is 0 Å². The van der Waals surface area contributed by atoms with Crippen LogP contribution in [-0.4, -0.2) is 8.07 Å². The maximum absolute atomic E-state index is 2.53. The van der Waals surface area contributed by atoms with Crippen molar-refractivity contribution in [3.63, 3.8) is 0 Å². The van der Waals surface area contributed by atoms with Gasteiger partial charge in [-0.3, -0.25) is 0 Å². The molecule has 0 fully saturated rings. The summed E-state index contributed by atoms with van der Waals surface area (Å²) in [6.07, 6.45) is 0. The summed E-state index contributed by atoms with van der Waals surface area (Å²) in [6, 6.07) is 84.4. The van der Waals surface area contributed by atoms with Crippen molar-refractivity contribution in [2.24, 2.45) is 0 Å². The maximum Gasteiger partial charge on any atom is 0.113 e. The number of hydrogen-bond acceptors (Lipinski definition) is 2. The quantitative estimate of drug-likeness (QED) is 0.141. The van der Waals surface area contributed by atoms with Crippen LogP contribution < -0.4 is 20.2 Å². The van der Waals surface area contributed by atoms with Crippen LogP contribution in [0.4, 0.5) is 34.1 Å². The van der Waals surface area contributed by atoms with Gasteiger partial charge in [-0.15, -0.1) is 0 Å². The van der Waals surface area contributed by atoms with Crippen LogP contribution in [-0.2, 0) is 0 Å². The highest BCUT2D eigenvalue weighted by molar-refractivity contribution is 7.03. The minimum atomic E-state index is -2.18. The van der Waals surface area contributed by atoms with Crippen LogP contribution in [0, 0.1) is 0 Å². The summed E-state index contributed by atoms with van der Waals surface area (Å²) in [7, 11) is -2.18. The summed E-state index contributed by atoms with van der Waals surface area (Å²) < 4.78 is 0. The summed E-state index contributed by atoms with van der Waals surface area (Å²) in [5.74, 6) is 0. The molecule has 1 aliphatic rings. The van der Waals surface area contributed by atoms with E-state index < -0.39 is 8.07 Å². The summed E-state index contributed by atoms with van der Waals surface area (Å²) in [6.45, 7) is 5.06. The van der Waals surface area contributed by atoms with E-state index in [2.05, 4.69) is 253 Å². The van der Waals surface area contributed by atoms with Crippen LogP contribution in [0.15, 0.2) is 231 Å². The lowest BCUT2D eigenvalue weighted by Crippen LogP contribution is -2.56. The molecule has 0 radical (unpaired) electrons. The molecular weight excluding hydrogens is 753 g/mol. The Balaban J connectivity index is 0.989. The van der Waals surface area contributed by atoms with Gasteiger partial charge < -0.3 is 9.80 Å². The molecular formula is C58H44N2Si. The molecule has 10 aromatic carbocycles. The molecule has 0 aliphatic carbocycles. The van der Waals surface area contributed by atoms with Crippen LogP contribution in [0.25, 0.3) is 54.9 Å². The van der Waals surface area contributed by atoms with Crippen LogP contribution in [0.3, 0.4) is 0 Å². The second kappa shape index (κ2) is 15.0. The lowest BCUT2D eigenvalue weighted by molar-refractivity contribution is 1.28. The molecule has 0 amide bonds. The van der Waals surface area contributed by atoms with Gasteiger partial charge in [0.15, 0.2) is 0 Å². The summed E-state index contributed by atoms with van der Waals surface area (Å²) in [5.41, 5.74) is 14.5. The fourth-order valence-electron chi connectivity index (χ4n) is 9.63. The highest BCUT2D eigenvalue weighted by Gasteiger charge is 2.36. The maximum atomic E-state index is 2.53. The topological polar surface area (TPSA) is 6.48 Å². The fourth-order valence-corrected chi connectivity index (χ4v) is 12.7. The Bertz CT molecular complexity index is 3190. The Kier molecular flexibility index (Phi) is 8.98. The number of anilines is 6. The average molecular weight is 797 g/mol. The SMILES string of the molecule is C[Si]1(C)c2cc(N(c3ccccc3)c3cccc4ccccc34)ccc2-c2ccc(-c3ccc(N(c4ccccc4)c4ccc(-c5ccccc5)cc4)cc3)c3cccc1c23. The van der Waals surface area contributed by atoms with Gasteiger partial charge in [0.25, 0.3) is 0 Å². The highest BCUT2D eigenvalue weighted by Crippen LogP contribution is 2.44. The molecule has 0 aromatic heterocycles. The third-order valence-electron chi connectivity index (χ3n) is 12.6. The van der Waals surface area contributed by atoms with Crippen molar-refractivity contribution in [2.45, 2.75) is 13.1 Å². The highest BCUT2D eigenvalue weighted by atomic mass is 28.3. The molecule has 1 heterocycles. The molecule has 0 atom stereocenters. The second-order valence-electron chi connectivity index (χ2n) is 16.5. The Morgan fingerprint density at radius 3 is 1.51 bits per heavy atom. The predicted molar refractivity (Wildman–Crippen MR) is 264 cm³/mol. The fraction of sp³-hybridized carbons (Fsp3) is 0.0345. The van der Waals surface area contributed by atoms with Crippen molar-refractivity contribution in [2.75, 3.05) is 9.80 Å². The van der Waals surface area contributed by atoms with E-state index in [1.54, 1.807) is 0 Å². The number of benzene rings is 10. The van der Waals surface area contributed by atoms with Crippen molar-refractivity contribution < 1.29 is 0 Å². The third kappa shape index (κ3) is 6.33. The summed E-state index contributed by atoms with van der Waals surface area (Å²) in [5, 5.41) is 8.16. The molecule has 0 spiro atoms.